The van der Waals surface area contributed by atoms with Crippen LogP contribution in [0, 0.1) is 0 Å². The number of aliphatic hydroxyl groups excluding tert-OH is 3. The van der Waals surface area contributed by atoms with Crippen LogP contribution in [0.2, 0.25) is 0 Å². The molecule has 0 amide bonds. The lowest BCUT2D eigenvalue weighted by Gasteiger charge is -2.40. The second-order valence-electron chi connectivity index (χ2n) is 7.79. The Kier molecular flexibility index (Phi) is 8.84. The third-order valence-electron chi connectivity index (χ3n) is 4.95. The van der Waals surface area contributed by atoms with Crippen molar-refractivity contribution in [3.8, 4) is 11.5 Å². The number of aromatic hydroxyl groups is 1. The number of benzene rings is 1. The van der Waals surface area contributed by atoms with Crippen molar-refractivity contribution in [2.24, 2.45) is 0 Å². The third kappa shape index (κ3) is 7.09. The Morgan fingerprint density at radius 1 is 1.17 bits per heavy atom. The molecule has 0 spiro atoms. The summed E-state index contributed by atoms with van der Waals surface area (Å²) in [5, 5.41) is 49.7. The summed E-state index contributed by atoms with van der Waals surface area (Å²) in [7, 11) is 0. The fourth-order valence-corrected chi connectivity index (χ4v) is 2.92. The average Bonchev–Trinajstić information content (AvgIpc) is 2.71. The van der Waals surface area contributed by atoms with E-state index in [2.05, 4.69) is 6.58 Å². The minimum Gasteiger partial charge on any atom is -0.508 e. The molecule has 6 atom stereocenters. The van der Waals surface area contributed by atoms with Crippen LogP contribution in [0.3, 0.4) is 0 Å². The molecular formula is C22H32O8. The quantitative estimate of drug-likeness (QED) is 0.355. The number of aliphatic hydroxyl groups is 4. The highest BCUT2D eigenvalue weighted by Crippen LogP contribution is 2.25. The van der Waals surface area contributed by atoms with Crippen molar-refractivity contribution in [3.63, 3.8) is 0 Å². The van der Waals surface area contributed by atoms with Gasteiger partial charge in [-0.25, -0.2) is 0 Å². The zero-order valence-electron chi connectivity index (χ0n) is 17.3. The first-order valence-electron chi connectivity index (χ1n) is 9.87. The lowest BCUT2D eigenvalue weighted by atomic mass is 9.99. The standard InChI is InChI=1S/C22H32O8/c1-4-22(3,27)11-5-6-14(2)12-28-13-17-18(24)19(25)20(26)21(30-17)29-16-9-7-15(23)8-10-16/h4,6-10,17-21,23-27H,1,5,11-13H2,2-3H3/b14-6+/t17-,18-,19+,20-,21-,22-/m1/s1. The molecule has 8 nitrogen and oxygen atoms in total. The second-order valence-corrected chi connectivity index (χ2v) is 7.79. The van der Waals surface area contributed by atoms with Crippen LogP contribution < -0.4 is 4.74 Å². The van der Waals surface area contributed by atoms with Gasteiger partial charge >= 0.3 is 0 Å². The molecule has 0 bridgehead atoms. The summed E-state index contributed by atoms with van der Waals surface area (Å²) in [6.45, 7) is 7.44. The maximum Gasteiger partial charge on any atom is 0.229 e. The molecule has 1 saturated heterocycles. The van der Waals surface area contributed by atoms with Gasteiger partial charge in [-0.05, 0) is 51.0 Å². The van der Waals surface area contributed by atoms with Crippen molar-refractivity contribution in [2.45, 2.75) is 63.0 Å². The molecule has 5 N–H and O–H groups in total. The molecule has 168 valence electrons. The molecule has 0 radical (unpaired) electrons. The van der Waals surface area contributed by atoms with E-state index >= 15 is 0 Å². The van der Waals surface area contributed by atoms with Crippen molar-refractivity contribution >= 4 is 0 Å². The Balaban J connectivity index is 1.86. The molecule has 0 unspecified atom stereocenters. The van der Waals surface area contributed by atoms with E-state index in [9.17, 15) is 25.5 Å². The van der Waals surface area contributed by atoms with E-state index in [0.717, 1.165) is 5.57 Å². The smallest absolute Gasteiger partial charge is 0.229 e. The van der Waals surface area contributed by atoms with Gasteiger partial charge in [0.2, 0.25) is 6.29 Å². The minimum atomic E-state index is -1.47. The number of rotatable bonds is 10. The molecular weight excluding hydrogens is 392 g/mol. The number of phenols is 1. The van der Waals surface area contributed by atoms with Gasteiger partial charge in [-0.15, -0.1) is 6.58 Å². The third-order valence-corrected chi connectivity index (χ3v) is 4.95. The summed E-state index contributed by atoms with van der Waals surface area (Å²) in [6.07, 6.45) is -1.72. The minimum absolute atomic E-state index is 0.0179. The van der Waals surface area contributed by atoms with Crippen molar-refractivity contribution in [1.82, 2.24) is 0 Å². The molecule has 1 aromatic rings. The van der Waals surface area contributed by atoms with E-state index in [1.165, 1.54) is 30.3 Å². The van der Waals surface area contributed by atoms with Crippen LogP contribution in [0.25, 0.3) is 0 Å². The van der Waals surface area contributed by atoms with E-state index in [-0.39, 0.29) is 19.0 Å². The Bertz CT molecular complexity index is 700. The number of allylic oxidation sites excluding steroid dienone is 1. The van der Waals surface area contributed by atoms with Crippen LogP contribution in [-0.2, 0) is 9.47 Å². The highest BCUT2D eigenvalue weighted by molar-refractivity contribution is 5.30. The van der Waals surface area contributed by atoms with Gasteiger partial charge < -0.3 is 39.7 Å². The van der Waals surface area contributed by atoms with E-state index in [4.69, 9.17) is 14.2 Å². The highest BCUT2D eigenvalue weighted by atomic mass is 16.7. The first kappa shape index (κ1) is 24.3. The van der Waals surface area contributed by atoms with Crippen LogP contribution in [0.15, 0.2) is 48.6 Å². The molecule has 2 rings (SSSR count). The molecule has 1 aliphatic heterocycles. The van der Waals surface area contributed by atoms with Crippen molar-refractivity contribution < 1.29 is 39.7 Å². The van der Waals surface area contributed by atoms with E-state index in [0.29, 0.717) is 18.6 Å². The molecule has 1 fully saturated rings. The first-order valence-corrected chi connectivity index (χ1v) is 9.87. The Hall–Kier alpha value is -1.94. The summed E-state index contributed by atoms with van der Waals surface area (Å²) in [5.74, 6) is 0.389. The van der Waals surface area contributed by atoms with Gasteiger partial charge in [0.25, 0.3) is 0 Å². The zero-order valence-corrected chi connectivity index (χ0v) is 17.3. The number of ether oxygens (including phenoxy) is 3. The lowest BCUT2D eigenvalue weighted by molar-refractivity contribution is -0.279. The fraction of sp³-hybridized carbons (Fsp3) is 0.545. The van der Waals surface area contributed by atoms with Gasteiger partial charge in [-0.3, -0.25) is 0 Å². The largest absolute Gasteiger partial charge is 0.508 e. The van der Waals surface area contributed by atoms with E-state index < -0.39 is 36.3 Å². The van der Waals surface area contributed by atoms with Gasteiger partial charge in [0.05, 0.1) is 18.8 Å². The fourth-order valence-electron chi connectivity index (χ4n) is 2.92. The summed E-state index contributed by atoms with van der Waals surface area (Å²) in [5.41, 5.74) is 0.0268. The summed E-state index contributed by atoms with van der Waals surface area (Å²) in [6, 6.07) is 5.82. The van der Waals surface area contributed by atoms with E-state index in [1.807, 2.05) is 13.0 Å². The Morgan fingerprint density at radius 3 is 2.47 bits per heavy atom. The topological polar surface area (TPSA) is 129 Å². The van der Waals surface area contributed by atoms with Crippen molar-refractivity contribution in [3.05, 3.63) is 48.6 Å². The van der Waals surface area contributed by atoms with Crippen molar-refractivity contribution in [2.75, 3.05) is 13.2 Å². The molecule has 0 saturated carbocycles. The lowest BCUT2D eigenvalue weighted by Crippen LogP contribution is -2.60. The monoisotopic (exact) mass is 424 g/mol. The van der Waals surface area contributed by atoms with E-state index in [1.54, 1.807) is 6.92 Å². The van der Waals surface area contributed by atoms with Gasteiger partial charge in [0.15, 0.2) is 0 Å². The molecule has 8 heteroatoms. The molecule has 0 aromatic heterocycles. The number of hydrogen-bond donors (Lipinski definition) is 5. The number of hydrogen-bond acceptors (Lipinski definition) is 8. The number of phenolic OH excluding ortho intramolecular Hbond substituents is 1. The maximum absolute atomic E-state index is 10.2. The van der Waals surface area contributed by atoms with Crippen LogP contribution >= 0.6 is 0 Å². The predicted molar refractivity (Wildman–Crippen MR) is 110 cm³/mol. The summed E-state index contributed by atoms with van der Waals surface area (Å²) >= 11 is 0. The summed E-state index contributed by atoms with van der Waals surface area (Å²) < 4.78 is 16.7. The Labute approximate surface area is 176 Å². The molecule has 30 heavy (non-hydrogen) atoms. The molecule has 0 aliphatic carbocycles. The summed E-state index contributed by atoms with van der Waals surface area (Å²) in [4.78, 5) is 0. The average molecular weight is 424 g/mol. The zero-order chi connectivity index (χ0) is 22.3. The molecule has 1 heterocycles. The van der Waals surface area contributed by atoms with Crippen LogP contribution in [0.1, 0.15) is 26.7 Å². The first-order chi connectivity index (χ1) is 14.1. The normalized spacial score (nSPS) is 29.3. The van der Waals surface area contributed by atoms with Crippen LogP contribution in [0.5, 0.6) is 11.5 Å². The van der Waals surface area contributed by atoms with Gasteiger partial charge in [0.1, 0.15) is 35.9 Å². The van der Waals surface area contributed by atoms with Gasteiger partial charge in [-0.1, -0.05) is 17.7 Å². The van der Waals surface area contributed by atoms with Gasteiger partial charge in [0, 0.05) is 0 Å². The van der Waals surface area contributed by atoms with Gasteiger partial charge in [-0.2, -0.15) is 0 Å². The highest BCUT2D eigenvalue weighted by Gasteiger charge is 2.45. The van der Waals surface area contributed by atoms with Crippen molar-refractivity contribution in [1.29, 1.82) is 0 Å². The molecule has 1 aromatic carbocycles. The Morgan fingerprint density at radius 2 is 1.83 bits per heavy atom. The maximum atomic E-state index is 10.2. The predicted octanol–water partition coefficient (Wildman–Crippen LogP) is 1.26. The van der Waals surface area contributed by atoms with Crippen LogP contribution in [-0.4, -0.2) is 75.1 Å². The molecule has 1 aliphatic rings. The van der Waals surface area contributed by atoms with Crippen LogP contribution in [0.4, 0.5) is 0 Å². The SMILES string of the molecule is C=C[C@@](C)(O)CC/C=C(\C)COC[C@H]1O[C@@H](Oc2ccc(O)cc2)[C@H](O)[C@@H](O)[C@@H]1O. The second kappa shape index (κ2) is 10.9.